The molecule has 0 bridgehead atoms. The summed E-state index contributed by atoms with van der Waals surface area (Å²) in [6.07, 6.45) is 1.48. The standard InChI is InChI=1S/C10H11BrN4O/c11-8-3-7(1-2-9(8)16)4-12-5-10-13-6-14-15-10/h1-3,6,12,16H,4-5H2,(H,13,14,15). The zero-order chi connectivity index (χ0) is 11.4. The number of halogens is 1. The van der Waals surface area contributed by atoms with E-state index in [9.17, 15) is 5.11 Å². The van der Waals surface area contributed by atoms with Gasteiger partial charge in [-0.2, -0.15) is 5.10 Å². The Morgan fingerprint density at radius 3 is 2.94 bits per heavy atom. The Morgan fingerprint density at radius 2 is 2.25 bits per heavy atom. The van der Waals surface area contributed by atoms with Gasteiger partial charge in [-0.1, -0.05) is 6.07 Å². The molecule has 6 heteroatoms. The summed E-state index contributed by atoms with van der Waals surface area (Å²) in [5, 5.41) is 19.1. The van der Waals surface area contributed by atoms with Crippen molar-refractivity contribution in [2.24, 2.45) is 0 Å². The molecular formula is C10H11BrN4O. The summed E-state index contributed by atoms with van der Waals surface area (Å²) in [7, 11) is 0. The first-order chi connectivity index (χ1) is 7.75. The summed E-state index contributed by atoms with van der Waals surface area (Å²) in [5.41, 5.74) is 1.09. The summed E-state index contributed by atoms with van der Waals surface area (Å²) in [6.45, 7) is 1.35. The highest BCUT2D eigenvalue weighted by Crippen LogP contribution is 2.24. The number of aromatic hydroxyl groups is 1. The van der Waals surface area contributed by atoms with E-state index in [0.29, 0.717) is 17.6 Å². The van der Waals surface area contributed by atoms with Crippen LogP contribution in [-0.4, -0.2) is 20.3 Å². The van der Waals surface area contributed by atoms with Crippen LogP contribution in [-0.2, 0) is 13.1 Å². The Labute approximate surface area is 101 Å². The fourth-order valence-corrected chi connectivity index (χ4v) is 1.73. The second-order valence-electron chi connectivity index (χ2n) is 3.32. The van der Waals surface area contributed by atoms with Gasteiger partial charge in [-0.05, 0) is 33.6 Å². The maximum atomic E-state index is 9.33. The van der Waals surface area contributed by atoms with Gasteiger partial charge in [0, 0.05) is 6.54 Å². The average Bonchev–Trinajstić information content (AvgIpc) is 2.76. The predicted octanol–water partition coefficient (Wildman–Crippen LogP) is 1.56. The van der Waals surface area contributed by atoms with Crippen molar-refractivity contribution in [1.29, 1.82) is 0 Å². The molecule has 0 aliphatic heterocycles. The van der Waals surface area contributed by atoms with E-state index in [1.54, 1.807) is 6.07 Å². The summed E-state index contributed by atoms with van der Waals surface area (Å²) in [6, 6.07) is 5.41. The molecule has 0 amide bonds. The molecule has 0 atom stereocenters. The van der Waals surface area contributed by atoms with Crippen LogP contribution in [0.3, 0.4) is 0 Å². The normalized spacial score (nSPS) is 10.6. The molecule has 0 saturated carbocycles. The van der Waals surface area contributed by atoms with Crippen molar-refractivity contribution in [3.05, 3.63) is 40.4 Å². The Balaban J connectivity index is 1.87. The van der Waals surface area contributed by atoms with Gasteiger partial charge < -0.3 is 10.4 Å². The molecule has 1 aromatic carbocycles. The van der Waals surface area contributed by atoms with Gasteiger partial charge in [0.1, 0.15) is 17.9 Å². The molecule has 0 fully saturated rings. The Kier molecular flexibility index (Phi) is 3.53. The van der Waals surface area contributed by atoms with Gasteiger partial charge >= 0.3 is 0 Å². The van der Waals surface area contributed by atoms with Gasteiger partial charge in [0.25, 0.3) is 0 Å². The predicted molar refractivity (Wildman–Crippen MR) is 62.7 cm³/mol. The van der Waals surface area contributed by atoms with Crippen molar-refractivity contribution in [1.82, 2.24) is 20.5 Å². The number of benzene rings is 1. The molecule has 0 radical (unpaired) electrons. The highest BCUT2D eigenvalue weighted by atomic mass is 79.9. The Bertz CT molecular complexity index is 458. The molecule has 3 N–H and O–H groups in total. The zero-order valence-electron chi connectivity index (χ0n) is 8.44. The average molecular weight is 283 g/mol. The first kappa shape index (κ1) is 11.1. The molecule has 2 rings (SSSR count). The van der Waals surface area contributed by atoms with Crippen LogP contribution in [0.4, 0.5) is 0 Å². The van der Waals surface area contributed by atoms with Crippen LogP contribution in [0.2, 0.25) is 0 Å². The zero-order valence-corrected chi connectivity index (χ0v) is 10.0. The van der Waals surface area contributed by atoms with E-state index in [1.165, 1.54) is 6.33 Å². The molecule has 84 valence electrons. The number of aromatic amines is 1. The summed E-state index contributed by atoms with van der Waals surface area (Å²) < 4.78 is 0.700. The minimum absolute atomic E-state index is 0.249. The number of hydrogen-bond acceptors (Lipinski definition) is 4. The first-order valence-corrected chi connectivity index (χ1v) is 5.57. The highest BCUT2D eigenvalue weighted by Gasteiger charge is 2.00. The third-order valence-electron chi connectivity index (χ3n) is 2.10. The van der Waals surface area contributed by atoms with Crippen molar-refractivity contribution in [3.8, 4) is 5.75 Å². The number of aromatic nitrogens is 3. The Hall–Kier alpha value is -1.40. The van der Waals surface area contributed by atoms with E-state index < -0.39 is 0 Å². The van der Waals surface area contributed by atoms with Gasteiger partial charge in [-0.3, -0.25) is 5.10 Å². The molecule has 16 heavy (non-hydrogen) atoms. The van der Waals surface area contributed by atoms with Crippen molar-refractivity contribution in [2.45, 2.75) is 13.1 Å². The van der Waals surface area contributed by atoms with Gasteiger partial charge in [-0.15, -0.1) is 0 Å². The van der Waals surface area contributed by atoms with Crippen LogP contribution < -0.4 is 5.32 Å². The SMILES string of the molecule is Oc1ccc(CNCc2ncn[nH]2)cc1Br. The lowest BCUT2D eigenvalue weighted by molar-refractivity contribution is 0.471. The molecule has 2 aromatic rings. The van der Waals surface area contributed by atoms with E-state index >= 15 is 0 Å². The molecule has 1 aromatic heterocycles. The fraction of sp³-hybridized carbons (Fsp3) is 0.200. The van der Waals surface area contributed by atoms with Gasteiger partial charge in [0.15, 0.2) is 0 Å². The summed E-state index contributed by atoms with van der Waals surface area (Å²) in [5.74, 6) is 1.05. The lowest BCUT2D eigenvalue weighted by Gasteiger charge is -2.04. The third-order valence-corrected chi connectivity index (χ3v) is 2.73. The topological polar surface area (TPSA) is 73.8 Å². The minimum atomic E-state index is 0.249. The molecule has 0 spiro atoms. The van der Waals surface area contributed by atoms with Crippen LogP contribution in [0.1, 0.15) is 11.4 Å². The number of hydrogen-bond donors (Lipinski definition) is 3. The number of nitrogens with zero attached hydrogens (tertiary/aromatic N) is 2. The maximum absolute atomic E-state index is 9.33. The minimum Gasteiger partial charge on any atom is -0.507 e. The molecule has 5 nitrogen and oxygen atoms in total. The van der Waals surface area contributed by atoms with Crippen LogP contribution >= 0.6 is 15.9 Å². The number of rotatable bonds is 4. The summed E-state index contributed by atoms with van der Waals surface area (Å²) in [4.78, 5) is 4.00. The van der Waals surface area contributed by atoms with E-state index in [-0.39, 0.29) is 5.75 Å². The van der Waals surface area contributed by atoms with Crippen LogP contribution in [0.15, 0.2) is 29.0 Å². The first-order valence-electron chi connectivity index (χ1n) is 4.78. The molecule has 0 saturated heterocycles. The van der Waals surface area contributed by atoms with E-state index in [0.717, 1.165) is 11.4 Å². The van der Waals surface area contributed by atoms with Crippen molar-refractivity contribution >= 4 is 15.9 Å². The van der Waals surface area contributed by atoms with E-state index in [4.69, 9.17) is 0 Å². The second-order valence-corrected chi connectivity index (χ2v) is 4.18. The van der Waals surface area contributed by atoms with Gasteiger partial charge in [0.05, 0.1) is 11.0 Å². The Morgan fingerprint density at radius 1 is 1.38 bits per heavy atom. The number of phenols is 1. The molecule has 1 heterocycles. The van der Waals surface area contributed by atoms with Crippen LogP contribution in [0, 0.1) is 0 Å². The lowest BCUT2D eigenvalue weighted by Crippen LogP contribution is -2.13. The van der Waals surface area contributed by atoms with Crippen molar-refractivity contribution < 1.29 is 5.11 Å². The molecular weight excluding hydrogens is 272 g/mol. The van der Waals surface area contributed by atoms with Crippen molar-refractivity contribution in [3.63, 3.8) is 0 Å². The van der Waals surface area contributed by atoms with Crippen LogP contribution in [0.5, 0.6) is 5.75 Å². The molecule has 0 aliphatic carbocycles. The number of phenolic OH excluding ortho intramolecular Hbond substituents is 1. The van der Waals surface area contributed by atoms with E-state index in [2.05, 4.69) is 36.4 Å². The van der Waals surface area contributed by atoms with Crippen LogP contribution in [0.25, 0.3) is 0 Å². The molecule has 0 unspecified atom stereocenters. The third kappa shape index (κ3) is 2.80. The smallest absolute Gasteiger partial charge is 0.138 e. The summed E-state index contributed by atoms with van der Waals surface area (Å²) >= 11 is 3.27. The van der Waals surface area contributed by atoms with E-state index in [1.807, 2.05) is 12.1 Å². The molecule has 0 aliphatic rings. The number of H-pyrrole nitrogens is 1. The van der Waals surface area contributed by atoms with Crippen molar-refractivity contribution in [2.75, 3.05) is 0 Å². The largest absolute Gasteiger partial charge is 0.507 e. The lowest BCUT2D eigenvalue weighted by atomic mass is 10.2. The van der Waals surface area contributed by atoms with Gasteiger partial charge in [-0.25, -0.2) is 4.98 Å². The quantitative estimate of drug-likeness (QED) is 0.796. The highest BCUT2D eigenvalue weighted by molar-refractivity contribution is 9.10. The number of nitrogens with one attached hydrogen (secondary N) is 2. The maximum Gasteiger partial charge on any atom is 0.138 e. The second kappa shape index (κ2) is 5.09. The fourth-order valence-electron chi connectivity index (χ4n) is 1.30. The monoisotopic (exact) mass is 282 g/mol. The van der Waals surface area contributed by atoms with Gasteiger partial charge in [0.2, 0.25) is 0 Å².